The van der Waals surface area contributed by atoms with Crippen molar-refractivity contribution < 1.29 is 0 Å². The summed E-state index contributed by atoms with van der Waals surface area (Å²) in [6.45, 7) is 1.46. The van der Waals surface area contributed by atoms with Gasteiger partial charge < -0.3 is 9.80 Å². The molecule has 0 spiro atoms. The van der Waals surface area contributed by atoms with Crippen molar-refractivity contribution in [3.05, 3.63) is 248 Å². The molecule has 9 rings (SSSR count). The fraction of sp³-hybridized carbons (Fsp3) is 0.120. The minimum Gasteiger partial charge on any atom is -0.342 e. The van der Waals surface area contributed by atoms with Gasteiger partial charge in [0, 0.05) is 27.8 Å². The van der Waals surface area contributed by atoms with Crippen molar-refractivity contribution >= 4 is 34.3 Å². The minimum atomic E-state index is -0.0786. The third kappa shape index (κ3) is 7.12. The van der Waals surface area contributed by atoms with E-state index in [1.165, 1.54) is 33.4 Å². The summed E-state index contributed by atoms with van der Waals surface area (Å²) in [4.78, 5) is 16.4. The minimum absolute atomic E-state index is 0.0154. The summed E-state index contributed by atoms with van der Waals surface area (Å²) in [5.74, 6) is 2.01. The lowest BCUT2D eigenvalue weighted by Gasteiger charge is -2.33. The predicted octanol–water partition coefficient (Wildman–Crippen LogP) is 11.8. The Morgan fingerprint density at radius 2 is 0.673 bits per heavy atom. The van der Waals surface area contributed by atoms with Gasteiger partial charge in [0.2, 0.25) is 0 Å². The topological polar surface area (TPSA) is 31.2 Å². The van der Waals surface area contributed by atoms with E-state index in [0.717, 1.165) is 39.5 Å². The van der Waals surface area contributed by atoms with E-state index in [1.54, 1.807) is 0 Å². The van der Waals surface area contributed by atoms with Crippen LogP contribution in [-0.4, -0.2) is 21.5 Å². The van der Waals surface area contributed by atoms with Crippen LogP contribution in [0.4, 0.5) is 0 Å². The summed E-state index contributed by atoms with van der Waals surface area (Å²) in [7, 11) is 0. The van der Waals surface area contributed by atoms with Gasteiger partial charge in [-0.25, -0.2) is 0 Å². The highest BCUT2D eigenvalue weighted by atomic mass is 127. The van der Waals surface area contributed by atoms with Gasteiger partial charge in [0.25, 0.3) is 0 Å². The maximum absolute atomic E-state index is 5.69. The lowest BCUT2D eigenvalue weighted by Crippen LogP contribution is -2.34. The van der Waals surface area contributed by atoms with E-state index < -0.39 is 0 Å². The van der Waals surface area contributed by atoms with Crippen LogP contribution in [0, 0.1) is 3.57 Å². The van der Waals surface area contributed by atoms with Crippen LogP contribution in [0.3, 0.4) is 0 Å². The summed E-state index contributed by atoms with van der Waals surface area (Å²) in [6.07, 6.45) is 0. The van der Waals surface area contributed by atoms with Crippen LogP contribution in [0.25, 0.3) is 0 Å². The molecule has 0 unspecified atom stereocenters. The Morgan fingerprint density at radius 3 is 1.02 bits per heavy atom. The summed E-state index contributed by atoms with van der Waals surface area (Å²) < 4.78 is 1.15. The lowest BCUT2D eigenvalue weighted by atomic mass is 9.93. The molecule has 7 aromatic rings. The Morgan fingerprint density at radius 1 is 0.364 bits per heavy atom. The molecular formula is C50H41IN4. The molecule has 0 N–H and O–H groups in total. The number of hydrogen-bond acceptors (Lipinski definition) is 4. The van der Waals surface area contributed by atoms with E-state index in [-0.39, 0.29) is 24.2 Å². The summed E-state index contributed by atoms with van der Waals surface area (Å²) >= 11 is 2.57. The van der Waals surface area contributed by atoms with Crippen LogP contribution in [0.2, 0.25) is 0 Å². The van der Waals surface area contributed by atoms with E-state index in [2.05, 4.69) is 233 Å². The zero-order valence-corrected chi connectivity index (χ0v) is 32.6. The molecule has 55 heavy (non-hydrogen) atoms. The number of rotatable bonds is 10. The summed E-state index contributed by atoms with van der Waals surface area (Å²) in [5, 5.41) is 0. The van der Waals surface area contributed by atoms with E-state index >= 15 is 0 Å². The standard InChI is InChI=1S/C50H41IN4/c51-44-42(49-52-45(38-24-11-3-12-25-38)47(40-28-15-5-16-29-40)54(49)34-36-20-7-1-8-21-36)32-19-33-43(44)50-53-46(39-26-13-4-14-27-39)48(41-30-17-6-18-31-41)55(50)35-37-22-9-2-10-23-37/h1-33,45-48H,34-35H2/t45-,46-,47-,48-/m1/s1. The van der Waals surface area contributed by atoms with E-state index in [0.29, 0.717) is 0 Å². The van der Waals surface area contributed by atoms with Gasteiger partial charge in [-0.2, -0.15) is 0 Å². The average Bonchev–Trinajstić information content (AvgIpc) is 3.81. The normalized spacial score (nSPS) is 19.3. The molecule has 2 aliphatic heterocycles. The van der Waals surface area contributed by atoms with Gasteiger partial charge in [0.15, 0.2) is 0 Å². The van der Waals surface area contributed by atoms with Gasteiger partial charge in [0.05, 0.1) is 12.1 Å². The number of halogens is 1. The van der Waals surface area contributed by atoms with Crippen molar-refractivity contribution in [3.8, 4) is 0 Å². The first-order chi connectivity index (χ1) is 27.2. The number of nitrogens with zero attached hydrogens (tertiary/aromatic N) is 4. The fourth-order valence-electron chi connectivity index (χ4n) is 8.23. The smallest absolute Gasteiger partial charge is 0.133 e. The molecule has 2 heterocycles. The van der Waals surface area contributed by atoms with Crippen molar-refractivity contribution in [2.75, 3.05) is 0 Å². The highest BCUT2D eigenvalue weighted by Gasteiger charge is 2.42. The molecule has 2 aliphatic rings. The largest absolute Gasteiger partial charge is 0.342 e. The first-order valence-corrected chi connectivity index (χ1v) is 20.1. The number of amidine groups is 2. The molecule has 4 atom stereocenters. The molecule has 0 amide bonds. The number of benzene rings is 7. The highest BCUT2D eigenvalue weighted by molar-refractivity contribution is 14.1. The Hall–Kier alpha value is -5.79. The van der Waals surface area contributed by atoms with Gasteiger partial charge in [0.1, 0.15) is 23.8 Å². The molecule has 5 heteroatoms. The molecule has 0 aromatic heterocycles. The SMILES string of the molecule is Ic1c(C2=N[C@H](c3ccccc3)[C@@H](c3ccccc3)N2Cc2ccccc2)cccc1C1=N[C@H](c2ccccc2)[C@@H](c2ccccc2)N1Cc1ccccc1. The van der Waals surface area contributed by atoms with Crippen molar-refractivity contribution in [2.24, 2.45) is 9.98 Å². The molecule has 268 valence electrons. The molecule has 0 aliphatic carbocycles. The van der Waals surface area contributed by atoms with Crippen molar-refractivity contribution in [2.45, 2.75) is 37.3 Å². The van der Waals surface area contributed by atoms with Crippen LogP contribution in [0.5, 0.6) is 0 Å². The predicted molar refractivity (Wildman–Crippen MR) is 233 cm³/mol. The molecule has 0 bridgehead atoms. The second-order valence-electron chi connectivity index (χ2n) is 14.2. The quantitative estimate of drug-likeness (QED) is 0.129. The van der Waals surface area contributed by atoms with E-state index in [4.69, 9.17) is 9.98 Å². The molecule has 0 fully saturated rings. The monoisotopic (exact) mass is 824 g/mol. The second-order valence-corrected chi connectivity index (χ2v) is 15.3. The molecule has 4 nitrogen and oxygen atoms in total. The maximum atomic E-state index is 5.69. The zero-order chi connectivity index (χ0) is 37.0. The third-order valence-electron chi connectivity index (χ3n) is 10.8. The summed E-state index contributed by atoms with van der Waals surface area (Å²) in [6, 6.07) is 71.5. The Kier molecular flexibility index (Phi) is 10.1. The number of hydrogen-bond donors (Lipinski definition) is 0. The molecular weight excluding hydrogens is 783 g/mol. The average molecular weight is 825 g/mol. The molecule has 0 radical (unpaired) electrons. The first kappa shape index (κ1) is 34.9. The van der Waals surface area contributed by atoms with Crippen LogP contribution in [0.15, 0.2) is 210 Å². The van der Waals surface area contributed by atoms with E-state index in [1.807, 2.05) is 0 Å². The van der Waals surface area contributed by atoms with Gasteiger partial charge >= 0.3 is 0 Å². The van der Waals surface area contributed by atoms with Crippen LogP contribution >= 0.6 is 22.6 Å². The fourth-order valence-corrected chi connectivity index (χ4v) is 9.07. The Balaban J connectivity index is 1.21. The Bertz CT molecular complexity index is 2230. The third-order valence-corrected chi connectivity index (χ3v) is 11.9. The lowest BCUT2D eigenvalue weighted by molar-refractivity contribution is 0.304. The molecule has 7 aromatic carbocycles. The van der Waals surface area contributed by atoms with Gasteiger partial charge in [-0.3, -0.25) is 9.98 Å². The molecule has 0 saturated heterocycles. The Labute approximate surface area is 337 Å². The highest BCUT2D eigenvalue weighted by Crippen LogP contribution is 2.47. The van der Waals surface area contributed by atoms with Gasteiger partial charge in [-0.1, -0.05) is 200 Å². The van der Waals surface area contributed by atoms with Gasteiger partial charge in [-0.05, 0) is 56.0 Å². The summed E-state index contributed by atoms with van der Waals surface area (Å²) in [5.41, 5.74) is 9.67. The van der Waals surface area contributed by atoms with Crippen LogP contribution in [0.1, 0.15) is 68.7 Å². The molecule has 0 saturated carbocycles. The second kappa shape index (κ2) is 15.9. The van der Waals surface area contributed by atoms with Crippen LogP contribution < -0.4 is 0 Å². The first-order valence-electron chi connectivity index (χ1n) is 19.0. The van der Waals surface area contributed by atoms with E-state index in [9.17, 15) is 0 Å². The van der Waals surface area contributed by atoms with Crippen molar-refractivity contribution in [3.63, 3.8) is 0 Å². The number of aliphatic imine (C=N–C) groups is 2. The maximum Gasteiger partial charge on any atom is 0.133 e. The van der Waals surface area contributed by atoms with Crippen LogP contribution in [-0.2, 0) is 13.1 Å². The van der Waals surface area contributed by atoms with Crippen molar-refractivity contribution in [1.29, 1.82) is 0 Å². The zero-order valence-electron chi connectivity index (χ0n) is 30.4. The van der Waals surface area contributed by atoms with Gasteiger partial charge in [-0.15, -0.1) is 0 Å². The van der Waals surface area contributed by atoms with Crippen molar-refractivity contribution in [1.82, 2.24) is 9.80 Å².